The van der Waals surface area contributed by atoms with Crippen LogP contribution in [0.25, 0.3) is 16.5 Å². The Kier molecular flexibility index (Phi) is 6.40. The topological polar surface area (TPSA) is 76.1 Å². The van der Waals surface area contributed by atoms with Crippen LogP contribution in [0.2, 0.25) is 0 Å². The third-order valence-corrected chi connectivity index (χ3v) is 6.34. The van der Waals surface area contributed by atoms with E-state index in [2.05, 4.69) is 0 Å². The zero-order valence-electron chi connectivity index (χ0n) is 20.8. The van der Waals surface area contributed by atoms with Gasteiger partial charge in [-0.15, -0.1) is 0 Å². The summed E-state index contributed by atoms with van der Waals surface area (Å²) in [6, 6.07) is 26.6. The first-order valence-corrected chi connectivity index (χ1v) is 12.1. The molecule has 5 rings (SSSR count). The van der Waals surface area contributed by atoms with Crippen molar-refractivity contribution in [2.45, 2.75) is 26.0 Å². The Hall–Kier alpha value is -4.58. The van der Waals surface area contributed by atoms with Crippen molar-refractivity contribution in [3.63, 3.8) is 0 Å². The summed E-state index contributed by atoms with van der Waals surface area (Å²) in [5.41, 5.74) is 1.61. The summed E-state index contributed by atoms with van der Waals surface area (Å²) in [6.07, 6.45) is -0.0578. The van der Waals surface area contributed by atoms with Gasteiger partial charge in [0.2, 0.25) is 0 Å². The van der Waals surface area contributed by atoms with Gasteiger partial charge in [0.25, 0.3) is 11.7 Å². The molecule has 186 valence electrons. The summed E-state index contributed by atoms with van der Waals surface area (Å²) >= 11 is 0. The molecule has 1 unspecified atom stereocenters. The number of ketones is 1. The van der Waals surface area contributed by atoms with Crippen LogP contribution in [-0.4, -0.2) is 30.0 Å². The molecule has 1 saturated heterocycles. The van der Waals surface area contributed by atoms with Crippen molar-refractivity contribution >= 4 is 33.9 Å². The van der Waals surface area contributed by atoms with Crippen LogP contribution in [0.1, 0.15) is 31.0 Å². The number of hydrogen-bond acceptors (Lipinski definition) is 5. The highest BCUT2D eigenvalue weighted by Crippen LogP contribution is 2.43. The fourth-order valence-electron chi connectivity index (χ4n) is 4.70. The molecular weight excluding hydrogens is 466 g/mol. The molecule has 1 atom stereocenters. The summed E-state index contributed by atoms with van der Waals surface area (Å²) in [5, 5.41) is 13.4. The number of hydrogen-bond donors (Lipinski definition) is 1. The Labute approximate surface area is 215 Å². The molecular formula is C31H27NO5. The van der Waals surface area contributed by atoms with E-state index >= 15 is 0 Å². The SMILES string of the molecule is COc1cccc(N2C(=O)C(=O)/C(=C(\O)c3ccc4ccccc4c3)C2c2cccc(OC(C)C)c2)c1. The van der Waals surface area contributed by atoms with Crippen LogP contribution in [0.3, 0.4) is 0 Å². The number of methoxy groups -OCH3 is 1. The number of anilines is 1. The molecule has 6 nitrogen and oxygen atoms in total. The van der Waals surface area contributed by atoms with Crippen molar-refractivity contribution in [1.29, 1.82) is 0 Å². The molecule has 1 fully saturated rings. The number of carbonyl (C=O) groups is 2. The summed E-state index contributed by atoms with van der Waals surface area (Å²) in [6.45, 7) is 3.85. The van der Waals surface area contributed by atoms with Crippen LogP contribution in [0, 0.1) is 0 Å². The van der Waals surface area contributed by atoms with Crippen molar-refractivity contribution in [1.82, 2.24) is 0 Å². The zero-order chi connectivity index (χ0) is 26.1. The smallest absolute Gasteiger partial charge is 0.300 e. The molecule has 1 amide bonds. The van der Waals surface area contributed by atoms with Crippen LogP contribution < -0.4 is 14.4 Å². The molecule has 1 aliphatic rings. The third-order valence-electron chi connectivity index (χ3n) is 6.34. The van der Waals surface area contributed by atoms with Crippen molar-refractivity contribution in [2.24, 2.45) is 0 Å². The first kappa shape index (κ1) is 24.1. The van der Waals surface area contributed by atoms with Crippen LogP contribution in [0.4, 0.5) is 5.69 Å². The quantitative estimate of drug-likeness (QED) is 0.195. The summed E-state index contributed by atoms with van der Waals surface area (Å²) in [5.74, 6) is -0.557. The van der Waals surface area contributed by atoms with Gasteiger partial charge in [0.15, 0.2) is 0 Å². The van der Waals surface area contributed by atoms with Gasteiger partial charge >= 0.3 is 0 Å². The fraction of sp³-hybridized carbons (Fsp3) is 0.161. The van der Waals surface area contributed by atoms with E-state index in [4.69, 9.17) is 9.47 Å². The Morgan fingerprint density at radius 1 is 0.838 bits per heavy atom. The van der Waals surface area contributed by atoms with E-state index in [1.165, 1.54) is 12.0 Å². The van der Waals surface area contributed by atoms with Gasteiger partial charge in [0.1, 0.15) is 17.3 Å². The summed E-state index contributed by atoms with van der Waals surface area (Å²) in [4.78, 5) is 28.4. The maximum absolute atomic E-state index is 13.5. The number of carbonyl (C=O) groups excluding carboxylic acids is 2. The summed E-state index contributed by atoms with van der Waals surface area (Å²) < 4.78 is 11.2. The standard InChI is InChI=1S/C31H27NO5/c1-19(2)37-26-13-6-10-22(17-26)28-27(29(33)23-15-14-20-8-4-5-9-21(20)16-23)30(34)31(35)32(28)24-11-7-12-25(18-24)36-3/h4-19,28,33H,1-3H3/b29-27-. The molecule has 0 bridgehead atoms. The molecule has 4 aromatic rings. The maximum atomic E-state index is 13.5. The lowest BCUT2D eigenvalue weighted by Gasteiger charge is -2.26. The first-order valence-electron chi connectivity index (χ1n) is 12.1. The molecule has 37 heavy (non-hydrogen) atoms. The highest BCUT2D eigenvalue weighted by molar-refractivity contribution is 6.51. The number of nitrogens with zero attached hydrogens (tertiary/aromatic N) is 1. The fourth-order valence-corrected chi connectivity index (χ4v) is 4.70. The predicted octanol–water partition coefficient (Wildman–Crippen LogP) is 6.26. The molecule has 0 saturated carbocycles. The summed E-state index contributed by atoms with van der Waals surface area (Å²) in [7, 11) is 1.54. The number of amides is 1. The van der Waals surface area contributed by atoms with Gasteiger partial charge in [-0.05, 0) is 60.5 Å². The lowest BCUT2D eigenvalue weighted by atomic mass is 9.94. The zero-order valence-corrected chi connectivity index (χ0v) is 20.8. The third kappa shape index (κ3) is 4.54. The van der Waals surface area contributed by atoms with Gasteiger partial charge < -0.3 is 14.6 Å². The number of rotatable bonds is 6. The van der Waals surface area contributed by atoms with Crippen LogP contribution in [-0.2, 0) is 9.59 Å². The first-order chi connectivity index (χ1) is 17.9. The van der Waals surface area contributed by atoms with Gasteiger partial charge in [-0.2, -0.15) is 0 Å². The van der Waals surface area contributed by atoms with Crippen LogP contribution in [0.15, 0.2) is 96.6 Å². The highest BCUT2D eigenvalue weighted by atomic mass is 16.5. The molecule has 1 aliphatic heterocycles. The Morgan fingerprint density at radius 3 is 2.32 bits per heavy atom. The van der Waals surface area contributed by atoms with E-state index in [1.54, 1.807) is 36.4 Å². The number of benzene rings is 4. The number of ether oxygens (including phenoxy) is 2. The highest BCUT2D eigenvalue weighted by Gasteiger charge is 2.47. The maximum Gasteiger partial charge on any atom is 0.300 e. The number of aliphatic hydroxyl groups excluding tert-OH is 1. The van der Waals surface area contributed by atoms with Crippen molar-refractivity contribution in [2.75, 3.05) is 12.0 Å². The number of aliphatic hydroxyl groups is 1. The lowest BCUT2D eigenvalue weighted by molar-refractivity contribution is -0.132. The van der Waals surface area contributed by atoms with Crippen molar-refractivity contribution in [3.8, 4) is 11.5 Å². The van der Waals surface area contributed by atoms with E-state index in [-0.39, 0.29) is 17.4 Å². The van der Waals surface area contributed by atoms with Crippen LogP contribution in [0.5, 0.6) is 11.5 Å². The van der Waals surface area contributed by atoms with Gasteiger partial charge in [0, 0.05) is 17.3 Å². The molecule has 0 aliphatic carbocycles. The average molecular weight is 494 g/mol. The minimum Gasteiger partial charge on any atom is -0.507 e. The van der Waals surface area contributed by atoms with E-state index < -0.39 is 17.7 Å². The second kappa shape index (κ2) is 9.82. The molecule has 1 N–H and O–H groups in total. The Balaban J connectivity index is 1.72. The van der Waals surface area contributed by atoms with E-state index in [0.717, 1.165) is 10.8 Å². The predicted molar refractivity (Wildman–Crippen MR) is 144 cm³/mol. The minimum atomic E-state index is -0.866. The van der Waals surface area contributed by atoms with E-state index in [1.807, 2.05) is 68.4 Å². The Bertz CT molecular complexity index is 1540. The molecule has 0 spiro atoms. The number of Topliss-reactive ketones (excluding diaryl/α,β-unsaturated/α-hetero) is 1. The van der Waals surface area contributed by atoms with E-state index in [0.29, 0.717) is 28.3 Å². The van der Waals surface area contributed by atoms with Crippen molar-refractivity contribution < 1.29 is 24.2 Å². The van der Waals surface area contributed by atoms with Crippen molar-refractivity contribution in [3.05, 3.63) is 108 Å². The molecule has 6 heteroatoms. The molecule has 0 radical (unpaired) electrons. The number of fused-ring (bicyclic) bond motifs is 1. The van der Waals surface area contributed by atoms with Gasteiger partial charge in [-0.1, -0.05) is 54.6 Å². The Morgan fingerprint density at radius 2 is 1.57 bits per heavy atom. The molecule has 0 aromatic heterocycles. The van der Waals surface area contributed by atoms with Gasteiger partial charge in [-0.25, -0.2) is 0 Å². The monoisotopic (exact) mass is 493 g/mol. The molecule has 4 aromatic carbocycles. The minimum absolute atomic E-state index is 0.0183. The van der Waals surface area contributed by atoms with Gasteiger partial charge in [0.05, 0.1) is 24.8 Å². The largest absolute Gasteiger partial charge is 0.507 e. The normalized spacial score (nSPS) is 17.0. The second-order valence-corrected chi connectivity index (χ2v) is 9.17. The molecule has 1 heterocycles. The average Bonchev–Trinajstić information content (AvgIpc) is 3.18. The van der Waals surface area contributed by atoms with Gasteiger partial charge in [-0.3, -0.25) is 14.5 Å². The second-order valence-electron chi connectivity index (χ2n) is 9.17. The van der Waals surface area contributed by atoms with E-state index in [9.17, 15) is 14.7 Å². The van der Waals surface area contributed by atoms with Crippen LogP contribution >= 0.6 is 0 Å². The lowest BCUT2D eigenvalue weighted by Crippen LogP contribution is -2.29.